The highest BCUT2D eigenvalue weighted by atomic mass is 16.5. The normalized spacial score (nSPS) is 17.6. The van der Waals surface area contributed by atoms with E-state index in [0.717, 1.165) is 11.4 Å². The number of hydrogen-bond acceptors (Lipinski definition) is 4. The van der Waals surface area contributed by atoms with Gasteiger partial charge in [-0.3, -0.25) is 9.78 Å². The maximum absolute atomic E-state index is 12.9. The second-order valence-corrected chi connectivity index (χ2v) is 9.08. The standard InChI is InChI=1S/C20H30N2O4/c1-18(2,3)14-11-13(12-15(21-14)19(4,5)6)16(23)22-20(17(24)25)7-9-26-10-8-20/h11-12H,7-10H2,1-6H3,(H,22,23)(H,24,25). The molecule has 2 N–H and O–H groups in total. The lowest BCUT2D eigenvalue weighted by Crippen LogP contribution is -2.57. The molecule has 1 aliphatic rings. The molecule has 26 heavy (non-hydrogen) atoms. The number of carboxylic acids is 1. The van der Waals surface area contributed by atoms with Crippen LogP contribution in [-0.2, 0) is 20.4 Å². The topological polar surface area (TPSA) is 88.5 Å². The minimum atomic E-state index is -1.28. The number of carboxylic acid groups (broad SMARTS) is 1. The highest BCUT2D eigenvalue weighted by Crippen LogP contribution is 2.28. The number of aromatic nitrogens is 1. The zero-order valence-corrected chi connectivity index (χ0v) is 16.6. The summed E-state index contributed by atoms with van der Waals surface area (Å²) in [5.41, 5.74) is 0.348. The van der Waals surface area contributed by atoms with E-state index < -0.39 is 11.5 Å². The highest BCUT2D eigenvalue weighted by Gasteiger charge is 2.42. The first-order valence-electron chi connectivity index (χ1n) is 9.02. The number of carbonyl (C=O) groups is 2. The first kappa shape index (κ1) is 20.4. The van der Waals surface area contributed by atoms with Crippen molar-refractivity contribution in [2.45, 2.75) is 70.8 Å². The summed E-state index contributed by atoms with van der Waals surface area (Å²) in [7, 11) is 0. The van der Waals surface area contributed by atoms with Crippen molar-refractivity contribution in [1.82, 2.24) is 10.3 Å². The first-order valence-corrected chi connectivity index (χ1v) is 9.02. The summed E-state index contributed by atoms with van der Waals surface area (Å²) in [5, 5.41) is 12.4. The van der Waals surface area contributed by atoms with E-state index in [1.54, 1.807) is 12.1 Å². The van der Waals surface area contributed by atoms with E-state index in [0.29, 0.717) is 18.8 Å². The van der Waals surface area contributed by atoms with Crippen molar-refractivity contribution in [3.63, 3.8) is 0 Å². The summed E-state index contributed by atoms with van der Waals surface area (Å²) < 4.78 is 5.27. The van der Waals surface area contributed by atoms with Gasteiger partial charge in [0, 0.05) is 53.8 Å². The number of pyridine rings is 1. The third kappa shape index (κ3) is 4.41. The molecule has 0 aliphatic carbocycles. The molecule has 0 saturated carbocycles. The van der Waals surface area contributed by atoms with Gasteiger partial charge in [-0.05, 0) is 12.1 Å². The molecule has 1 aromatic rings. The number of rotatable bonds is 3. The zero-order chi connectivity index (χ0) is 19.8. The molecule has 6 nitrogen and oxygen atoms in total. The summed E-state index contributed by atoms with van der Waals surface area (Å²) in [6.07, 6.45) is 0.523. The number of ether oxygens (including phenoxy) is 1. The molecular weight excluding hydrogens is 332 g/mol. The molecule has 0 bridgehead atoms. The van der Waals surface area contributed by atoms with Crippen LogP contribution >= 0.6 is 0 Å². The number of amides is 1. The summed E-state index contributed by atoms with van der Waals surface area (Å²) >= 11 is 0. The molecule has 0 aromatic carbocycles. The van der Waals surface area contributed by atoms with Gasteiger partial charge in [-0.15, -0.1) is 0 Å². The second-order valence-electron chi connectivity index (χ2n) is 9.08. The van der Waals surface area contributed by atoms with Crippen molar-refractivity contribution >= 4 is 11.9 Å². The number of nitrogens with zero attached hydrogens (tertiary/aromatic N) is 1. The Morgan fingerprint density at radius 2 is 1.50 bits per heavy atom. The Morgan fingerprint density at radius 1 is 1.04 bits per heavy atom. The molecule has 1 aromatic heterocycles. The Kier molecular flexibility index (Phi) is 5.47. The molecule has 0 spiro atoms. The molecule has 1 aliphatic heterocycles. The fraction of sp³-hybridized carbons (Fsp3) is 0.650. The average Bonchev–Trinajstić information content (AvgIpc) is 2.53. The van der Waals surface area contributed by atoms with Gasteiger partial charge in [0.2, 0.25) is 0 Å². The van der Waals surface area contributed by atoms with Crippen LogP contribution in [0.2, 0.25) is 0 Å². The van der Waals surface area contributed by atoms with Crippen LogP contribution in [0.5, 0.6) is 0 Å². The number of hydrogen-bond donors (Lipinski definition) is 2. The molecule has 0 unspecified atom stereocenters. The number of carbonyl (C=O) groups excluding carboxylic acids is 1. The number of aliphatic carboxylic acids is 1. The predicted octanol–water partition coefficient (Wildman–Crippen LogP) is 3.04. The van der Waals surface area contributed by atoms with E-state index in [-0.39, 0.29) is 29.6 Å². The van der Waals surface area contributed by atoms with Gasteiger partial charge < -0.3 is 15.2 Å². The van der Waals surface area contributed by atoms with E-state index in [1.165, 1.54) is 0 Å². The van der Waals surface area contributed by atoms with E-state index in [4.69, 9.17) is 9.72 Å². The maximum Gasteiger partial charge on any atom is 0.329 e. The Balaban J connectivity index is 2.43. The first-order chi connectivity index (χ1) is 11.8. The van der Waals surface area contributed by atoms with Gasteiger partial charge in [-0.2, -0.15) is 0 Å². The summed E-state index contributed by atoms with van der Waals surface area (Å²) in [5.74, 6) is -1.40. The van der Waals surface area contributed by atoms with E-state index in [2.05, 4.69) is 5.32 Å². The maximum atomic E-state index is 12.9. The van der Waals surface area contributed by atoms with Crippen molar-refractivity contribution < 1.29 is 19.4 Å². The van der Waals surface area contributed by atoms with Gasteiger partial charge in [0.1, 0.15) is 5.54 Å². The van der Waals surface area contributed by atoms with Crippen molar-refractivity contribution in [3.05, 3.63) is 29.1 Å². The van der Waals surface area contributed by atoms with Crippen LogP contribution < -0.4 is 5.32 Å². The molecule has 144 valence electrons. The van der Waals surface area contributed by atoms with Gasteiger partial charge in [-0.25, -0.2) is 4.79 Å². The molecule has 1 fully saturated rings. The monoisotopic (exact) mass is 362 g/mol. The largest absolute Gasteiger partial charge is 0.480 e. The van der Waals surface area contributed by atoms with E-state index in [1.807, 2.05) is 41.5 Å². The van der Waals surface area contributed by atoms with Crippen LogP contribution in [0.25, 0.3) is 0 Å². The predicted molar refractivity (Wildman–Crippen MR) is 99.5 cm³/mol. The van der Waals surface area contributed by atoms with Crippen molar-refractivity contribution in [1.29, 1.82) is 0 Å². The fourth-order valence-corrected chi connectivity index (χ4v) is 2.83. The van der Waals surface area contributed by atoms with Gasteiger partial charge in [0.25, 0.3) is 5.91 Å². The molecule has 1 saturated heterocycles. The summed E-state index contributed by atoms with van der Waals surface area (Å²) in [6.45, 7) is 12.9. The lowest BCUT2D eigenvalue weighted by Gasteiger charge is -2.34. The lowest BCUT2D eigenvalue weighted by atomic mass is 9.86. The van der Waals surface area contributed by atoms with Crippen LogP contribution in [0.3, 0.4) is 0 Å². The molecule has 1 amide bonds. The highest BCUT2D eigenvalue weighted by molar-refractivity contribution is 5.98. The molecular formula is C20H30N2O4. The van der Waals surface area contributed by atoms with Crippen molar-refractivity contribution in [3.8, 4) is 0 Å². The Bertz CT molecular complexity index is 660. The van der Waals surface area contributed by atoms with Crippen LogP contribution in [-0.4, -0.2) is 40.7 Å². The average molecular weight is 362 g/mol. The quantitative estimate of drug-likeness (QED) is 0.863. The lowest BCUT2D eigenvalue weighted by molar-refractivity contribution is -0.148. The molecule has 2 rings (SSSR count). The third-order valence-electron chi connectivity index (χ3n) is 4.73. The second kappa shape index (κ2) is 6.99. The SMILES string of the molecule is CC(C)(C)c1cc(C(=O)NC2(C(=O)O)CCOCC2)cc(C(C)(C)C)n1. The smallest absolute Gasteiger partial charge is 0.329 e. The Labute approximate surface area is 155 Å². The van der Waals surface area contributed by atoms with E-state index in [9.17, 15) is 14.7 Å². The van der Waals surface area contributed by atoms with Crippen LogP contribution in [0.1, 0.15) is 76.1 Å². The minimum Gasteiger partial charge on any atom is -0.480 e. The minimum absolute atomic E-state index is 0.223. The van der Waals surface area contributed by atoms with Crippen LogP contribution in [0.15, 0.2) is 12.1 Å². The van der Waals surface area contributed by atoms with Gasteiger partial charge in [0.05, 0.1) is 0 Å². The molecule has 2 heterocycles. The summed E-state index contributed by atoms with van der Waals surface area (Å²) in [6, 6.07) is 3.53. The van der Waals surface area contributed by atoms with E-state index >= 15 is 0 Å². The third-order valence-corrected chi connectivity index (χ3v) is 4.73. The van der Waals surface area contributed by atoms with Gasteiger partial charge in [0.15, 0.2) is 0 Å². The van der Waals surface area contributed by atoms with Crippen LogP contribution in [0, 0.1) is 0 Å². The zero-order valence-electron chi connectivity index (χ0n) is 16.6. The van der Waals surface area contributed by atoms with Crippen molar-refractivity contribution in [2.75, 3.05) is 13.2 Å². The van der Waals surface area contributed by atoms with Crippen molar-refractivity contribution in [2.24, 2.45) is 0 Å². The molecule has 6 heteroatoms. The molecule has 0 radical (unpaired) electrons. The van der Waals surface area contributed by atoms with Gasteiger partial charge >= 0.3 is 5.97 Å². The summed E-state index contributed by atoms with van der Waals surface area (Å²) in [4.78, 5) is 29.5. The Hall–Kier alpha value is -1.95. The van der Waals surface area contributed by atoms with Crippen LogP contribution in [0.4, 0.5) is 0 Å². The molecule has 0 atom stereocenters. The Morgan fingerprint density at radius 3 is 1.88 bits per heavy atom. The number of nitrogens with one attached hydrogen (secondary N) is 1. The fourth-order valence-electron chi connectivity index (χ4n) is 2.83. The van der Waals surface area contributed by atoms with Gasteiger partial charge in [-0.1, -0.05) is 41.5 Å².